The number of rotatable bonds is 9. The van der Waals surface area contributed by atoms with E-state index < -0.39 is 15.9 Å². The fraction of sp³-hybridized carbons (Fsp3) is 0.516. The number of nitrogens with one attached hydrogen (secondary N) is 1. The Bertz CT molecular complexity index is 1630. The minimum atomic E-state index is -0.596. The minimum Gasteiger partial charge on any atom is -0.494 e. The smallest absolute Gasteiger partial charge is 0.410 e. The first-order chi connectivity index (χ1) is 21.7. The minimum absolute atomic E-state index is 0.0773. The van der Waals surface area contributed by atoms with Crippen LogP contribution in [0.1, 0.15) is 38.6 Å². The first-order valence-electron chi connectivity index (χ1n) is 15.1. The van der Waals surface area contributed by atoms with Crippen molar-refractivity contribution in [1.29, 1.82) is 0 Å². The highest BCUT2D eigenvalue weighted by molar-refractivity contribution is 5.77. The zero-order valence-corrected chi connectivity index (χ0v) is 27.7. The zero-order chi connectivity index (χ0) is 33.4. The van der Waals surface area contributed by atoms with Gasteiger partial charge in [0.1, 0.15) is 23.4 Å². The van der Waals surface area contributed by atoms with E-state index >= 15 is 0 Å². The van der Waals surface area contributed by atoms with Gasteiger partial charge in [0.15, 0.2) is 0 Å². The van der Waals surface area contributed by atoms with E-state index in [0.717, 1.165) is 23.6 Å². The molecule has 0 bridgehead atoms. The molecule has 2 aliphatic heterocycles. The van der Waals surface area contributed by atoms with Crippen LogP contribution in [0.5, 0.6) is 5.75 Å². The predicted molar refractivity (Wildman–Crippen MR) is 175 cm³/mol. The first-order valence-corrected chi connectivity index (χ1v) is 15.1. The molecule has 1 spiro atoms. The number of nitrogens with zero attached hydrogens (tertiary/aromatic N) is 9. The van der Waals surface area contributed by atoms with Crippen LogP contribution in [0.25, 0.3) is 0 Å². The zero-order valence-electron chi connectivity index (χ0n) is 27.7. The lowest BCUT2D eigenvalue weighted by molar-refractivity contribution is -0.384. The van der Waals surface area contributed by atoms with Gasteiger partial charge in [0.05, 0.1) is 34.5 Å². The number of pyridine rings is 1. The van der Waals surface area contributed by atoms with Crippen molar-refractivity contribution in [1.82, 2.24) is 29.7 Å². The Hall–Kier alpha value is -4.79. The number of fused-ring (bicyclic) bond motifs is 2. The number of carbonyl (C=O) groups is 1. The highest BCUT2D eigenvalue weighted by Gasteiger charge is 2.51. The average molecular weight is 635 g/mol. The number of amides is 1. The molecule has 1 aromatic carbocycles. The number of aryl methyl sites for hydroxylation is 1. The van der Waals surface area contributed by atoms with E-state index in [9.17, 15) is 14.9 Å². The maximum atomic E-state index is 13.0. The summed E-state index contributed by atoms with van der Waals surface area (Å²) in [5.41, 5.74) is 2.29. The maximum Gasteiger partial charge on any atom is 0.410 e. The lowest BCUT2D eigenvalue weighted by atomic mass is 9.85. The molecule has 46 heavy (non-hydrogen) atoms. The van der Waals surface area contributed by atoms with Crippen LogP contribution >= 0.6 is 0 Å². The summed E-state index contributed by atoms with van der Waals surface area (Å²) in [5, 5.41) is 15.2. The van der Waals surface area contributed by atoms with Crippen molar-refractivity contribution in [2.45, 2.75) is 45.1 Å². The molecule has 15 nitrogen and oxygen atoms in total. The van der Waals surface area contributed by atoms with Gasteiger partial charge < -0.3 is 34.4 Å². The molecule has 0 saturated carbocycles. The summed E-state index contributed by atoms with van der Waals surface area (Å²) in [6.07, 6.45) is 1.75. The van der Waals surface area contributed by atoms with Crippen molar-refractivity contribution >= 4 is 40.7 Å². The maximum absolute atomic E-state index is 13.0. The Labute approximate surface area is 268 Å². The standard InChI is InChI=1S/C31H42N10O5/c1-20-9-10-22-26(34-20)31(11-12-39(17-31)29(42)46-30(2,3)4)18-40(22)28-33-19-32-27(36-28)35-21-15-24(41(43)44)23(16-25(21)45-8)38(7)14-13-37(5)6/h9-10,15-16,19H,11-14,17-18H2,1-8H3,(H,32,33,35,36). The summed E-state index contributed by atoms with van der Waals surface area (Å²) in [4.78, 5) is 50.6. The molecule has 1 fully saturated rings. The number of benzene rings is 1. The summed E-state index contributed by atoms with van der Waals surface area (Å²) in [5.74, 6) is 0.971. The third kappa shape index (κ3) is 6.73. The van der Waals surface area contributed by atoms with Gasteiger partial charge in [-0.15, -0.1) is 0 Å². The molecule has 1 amide bonds. The van der Waals surface area contributed by atoms with E-state index in [1.54, 1.807) is 11.0 Å². The van der Waals surface area contributed by atoms with Crippen LogP contribution in [-0.4, -0.2) is 107 Å². The number of likely N-dealkylation sites (tertiary alicyclic amines) is 1. The molecule has 246 valence electrons. The summed E-state index contributed by atoms with van der Waals surface area (Å²) >= 11 is 0. The lowest BCUT2D eigenvalue weighted by Crippen LogP contribution is -2.40. The van der Waals surface area contributed by atoms with Crippen molar-refractivity contribution in [3.63, 3.8) is 0 Å². The van der Waals surface area contributed by atoms with E-state index in [0.29, 0.717) is 55.7 Å². The second-order valence-corrected chi connectivity index (χ2v) is 13.1. The van der Waals surface area contributed by atoms with E-state index in [4.69, 9.17) is 19.4 Å². The molecule has 15 heteroatoms. The van der Waals surface area contributed by atoms with Gasteiger partial charge in [0, 0.05) is 57.6 Å². The normalized spacial score (nSPS) is 17.4. The van der Waals surface area contributed by atoms with Crippen LogP contribution in [0, 0.1) is 17.0 Å². The molecule has 1 saturated heterocycles. The van der Waals surface area contributed by atoms with E-state index in [1.807, 2.05) is 75.7 Å². The van der Waals surface area contributed by atoms with Crippen LogP contribution in [0.15, 0.2) is 30.6 Å². The van der Waals surface area contributed by atoms with Gasteiger partial charge in [0.25, 0.3) is 5.69 Å². The van der Waals surface area contributed by atoms with Crippen molar-refractivity contribution < 1.29 is 19.2 Å². The second kappa shape index (κ2) is 12.5. The summed E-state index contributed by atoms with van der Waals surface area (Å²) < 4.78 is 11.3. The lowest BCUT2D eigenvalue weighted by Gasteiger charge is -2.27. The Morgan fingerprint density at radius 1 is 1.13 bits per heavy atom. The fourth-order valence-electron chi connectivity index (χ4n) is 5.82. The van der Waals surface area contributed by atoms with Gasteiger partial charge in [-0.25, -0.2) is 14.8 Å². The van der Waals surface area contributed by atoms with Crippen LogP contribution in [-0.2, 0) is 10.2 Å². The second-order valence-electron chi connectivity index (χ2n) is 13.1. The van der Waals surface area contributed by atoms with E-state index in [2.05, 4.69) is 15.3 Å². The number of ether oxygens (including phenoxy) is 2. The summed E-state index contributed by atoms with van der Waals surface area (Å²) in [7, 11) is 7.21. The number of nitro groups is 1. The SMILES string of the molecule is COc1cc(N(C)CCN(C)C)c([N+](=O)[O-])cc1Nc1ncnc(N2CC3(CCN(C(=O)OC(C)(C)C)C3)c3nc(C)ccc32)n1. The summed E-state index contributed by atoms with van der Waals surface area (Å²) in [6.45, 7) is 10.3. The molecule has 5 rings (SSSR count). The number of carbonyl (C=O) groups excluding carboxylic acids is 1. The number of methoxy groups -OCH3 is 1. The monoisotopic (exact) mass is 634 g/mol. The molecule has 2 aliphatic rings. The topological polar surface area (TPSA) is 155 Å². The van der Waals surface area contributed by atoms with Gasteiger partial charge in [0.2, 0.25) is 11.9 Å². The number of hydrogen-bond donors (Lipinski definition) is 1. The number of hydrogen-bond acceptors (Lipinski definition) is 13. The van der Waals surface area contributed by atoms with Gasteiger partial charge in [-0.3, -0.25) is 15.1 Å². The van der Waals surface area contributed by atoms with Crippen molar-refractivity contribution in [3.05, 3.63) is 52.1 Å². The van der Waals surface area contributed by atoms with Crippen LogP contribution in [0.4, 0.5) is 39.4 Å². The van der Waals surface area contributed by atoms with Gasteiger partial charge >= 0.3 is 6.09 Å². The molecule has 1 atom stereocenters. The molecule has 2 aromatic heterocycles. The largest absolute Gasteiger partial charge is 0.494 e. The number of nitro benzene ring substituents is 1. The highest BCUT2D eigenvalue weighted by atomic mass is 16.6. The van der Waals surface area contributed by atoms with E-state index in [1.165, 1.54) is 19.5 Å². The summed E-state index contributed by atoms with van der Waals surface area (Å²) in [6, 6.07) is 7.01. The average Bonchev–Trinajstić information content (AvgIpc) is 3.56. The predicted octanol–water partition coefficient (Wildman–Crippen LogP) is 4.26. The molecule has 0 aliphatic carbocycles. The molecular formula is C31H42N10O5. The molecule has 0 radical (unpaired) electrons. The molecule has 1 unspecified atom stereocenters. The highest BCUT2D eigenvalue weighted by Crippen LogP contribution is 2.48. The van der Waals surface area contributed by atoms with Crippen molar-refractivity contribution in [3.8, 4) is 5.75 Å². The van der Waals surface area contributed by atoms with Gasteiger partial charge in [-0.2, -0.15) is 4.98 Å². The molecule has 4 heterocycles. The molecular weight excluding hydrogens is 592 g/mol. The van der Waals surface area contributed by atoms with E-state index in [-0.39, 0.29) is 17.7 Å². The van der Waals surface area contributed by atoms with Crippen molar-refractivity contribution in [2.75, 3.05) is 76.1 Å². The van der Waals surface area contributed by atoms with Crippen LogP contribution in [0.3, 0.4) is 0 Å². The van der Waals surface area contributed by atoms with Crippen LogP contribution < -0.4 is 19.9 Å². The number of anilines is 5. The van der Waals surface area contributed by atoms with Crippen LogP contribution in [0.2, 0.25) is 0 Å². The van der Waals surface area contributed by atoms with Gasteiger partial charge in [-0.05, 0) is 60.3 Å². The fourth-order valence-corrected chi connectivity index (χ4v) is 5.82. The first kappa shape index (κ1) is 32.6. The van der Waals surface area contributed by atoms with Crippen molar-refractivity contribution in [2.24, 2.45) is 0 Å². The quantitative estimate of drug-likeness (QED) is 0.263. The number of aromatic nitrogens is 4. The number of likely N-dealkylation sites (N-methyl/N-ethyl adjacent to an activating group) is 2. The Kier molecular flexibility index (Phi) is 8.89. The Balaban J connectivity index is 1.44. The Morgan fingerprint density at radius 3 is 2.57 bits per heavy atom. The third-order valence-corrected chi connectivity index (χ3v) is 8.11. The molecule has 1 N–H and O–H groups in total. The molecule has 3 aromatic rings. The Morgan fingerprint density at radius 2 is 1.89 bits per heavy atom. The third-order valence-electron chi connectivity index (χ3n) is 8.11. The van der Waals surface area contributed by atoms with Gasteiger partial charge in [-0.1, -0.05) is 0 Å².